The fraction of sp³-hybridized carbons (Fsp3) is 0.524. The van der Waals surface area contributed by atoms with Gasteiger partial charge in [-0.2, -0.15) is 4.31 Å². The second kappa shape index (κ2) is 8.78. The predicted molar refractivity (Wildman–Crippen MR) is 114 cm³/mol. The molecule has 8 nitrogen and oxygen atoms in total. The third-order valence-electron chi connectivity index (χ3n) is 6.10. The van der Waals surface area contributed by atoms with Crippen LogP contribution < -0.4 is 10.2 Å². The molecule has 1 aromatic carbocycles. The topological polar surface area (TPSA) is 95.8 Å². The highest BCUT2D eigenvalue weighted by atomic mass is 32.2. The zero-order valence-corrected chi connectivity index (χ0v) is 18.8. The molecule has 32 heavy (non-hydrogen) atoms. The summed E-state index contributed by atoms with van der Waals surface area (Å²) >= 11 is 0. The van der Waals surface area contributed by atoms with Gasteiger partial charge in [-0.3, -0.25) is 4.79 Å². The second-order valence-corrected chi connectivity index (χ2v) is 10.2. The van der Waals surface area contributed by atoms with Crippen molar-refractivity contribution in [2.75, 3.05) is 36.4 Å². The van der Waals surface area contributed by atoms with Gasteiger partial charge in [0.1, 0.15) is 16.3 Å². The molecule has 2 aromatic rings. The number of halogens is 2. The van der Waals surface area contributed by atoms with Crippen molar-refractivity contribution in [3.05, 3.63) is 35.2 Å². The number of anilines is 2. The van der Waals surface area contributed by atoms with Crippen molar-refractivity contribution in [1.29, 1.82) is 0 Å². The largest absolute Gasteiger partial charge is 0.367 e. The van der Waals surface area contributed by atoms with Crippen LogP contribution in [0.3, 0.4) is 0 Å². The fourth-order valence-electron chi connectivity index (χ4n) is 4.46. The fourth-order valence-corrected chi connectivity index (χ4v) is 6.22. The zero-order chi connectivity index (χ0) is 23.0. The second-order valence-electron chi connectivity index (χ2n) is 8.30. The van der Waals surface area contributed by atoms with E-state index in [-0.39, 0.29) is 41.0 Å². The van der Waals surface area contributed by atoms with E-state index in [0.29, 0.717) is 31.6 Å². The number of nitrogens with zero attached hydrogens (tertiary/aromatic N) is 3. The van der Waals surface area contributed by atoms with Gasteiger partial charge in [0.25, 0.3) is 0 Å². The van der Waals surface area contributed by atoms with E-state index in [2.05, 4.69) is 10.5 Å². The van der Waals surface area contributed by atoms with E-state index in [1.165, 1.54) is 4.31 Å². The van der Waals surface area contributed by atoms with Gasteiger partial charge in [0.2, 0.25) is 15.9 Å². The molecule has 2 aliphatic heterocycles. The zero-order valence-electron chi connectivity index (χ0n) is 18.0. The van der Waals surface area contributed by atoms with E-state index < -0.39 is 27.6 Å². The van der Waals surface area contributed by atoms with Crippen LogP contribution in [0.2, 0.25) is 0 Å². The third kappa shape index (κ3) is 4.23. The monoisotopic (exact) mass is 468 g/mol. The van der Waals surface area contributed by atoms with Crippen molar-refractivity contribution in [1.82, 2.24) is 9.46 Å². The first-order chi connectivity index (χ1) is 15.2. The quantitative estimate of drug-likeness (QED) is 0.724. The van der Waals surface area contributed by atoms with Crippen LogP contribution >= 0.6 is 0 Å². The van der Waals surface area contributed by atoms with E-state index in [0.717, 1.165) is 25.0 Å². The van der Waals surface area contributed by atoms with Gasteiger partial charge in [0.05, 0.1) is 0 Å². The first kappa shape index (κ1) is 22.7. The predicted octanol–water partition coefficient (Wildman–Crippen LogP) is 3.21. The van der Waals surface area contributed by atoms with E-state index in [9.17, 15) is 22.0 Å². The van der Waals surface area contributed by atoms with Gasteiger partial charge < -0.3 is 14.7 Å². The van der Waals surface area contributed by atoms with E-state index in [1.807, 2.05) is 0 Å². The maximum Gasteiger partial charge on any atom is 0.248 e. The number of aryl methyl sites for hydroxylation is 2. The summed E-state index contributed by atoms with van der Waals surface area (Å²) in [7, 11) is -3.77. The van der Waals surface area contributed by atoms with E-state index in [4.69, 9.17) is 4.52 Å². The van der Waals surface area contributed by atoms with E-state index in [1.54, 1.807) is 18.7 Å². The molecule has 2 fully saturated rings. The number of hydrogen-bond acceptors (Lipinski definition) is 6. The average Bonchev–Trinajstić information content (AvgIpc) is 3.37. The number of hydrogen-bond donors (Lipinski definition) is 1. The van der Waals surface area contributed by atoms with Gasteiger partial charge in [0.15, 0.2) is 17.4 Å². The van der Waals surface area contributed by atoms with Crippen LogP contribution in [0.1, 0.15) is 37.1 Å². The molecule has 174 valence electrons. The summed E-state index contributed by atoms with van der Waals surface area (Å²) < 4.78 is 61.1. The molecule has 11 heteroatoms. The summed E-state index contributed by atoms with van der Waals surface area (Å²) in [5.74, 6) is -2.03. The number of carbonyl (C=O) groups excluding carboxylic acids is 1. The molecule has 2 aliphatic rings. The molecule has 0 radical (unpaired) electrons. The minimum absolute atomic E-state index is 0.0544. The average molecular weight is 469 g/mol. The first-order valence-electron chi connectivity index (χ1n) is 10.7. The molecular formula is C21H26F2N4O4S. The Morgan fingerprint density at radius 1 is 1.09 bits per heavy atom. The number of benzene rings is 1. The van der Waals surface area contributed by atoms with Crippen molar-refractivity contribution in [3.63, 3.8) is 0 Å². The summed E-state index contributed by atoms with van der Waals surface area (Å²) in [6.45, 7) is 4.63. The first-order valence-corrected chi connectivity index (χ1v) is 12.1. The molecule has 2 saturated heterocycles. The van der Waals surface area contributed by atoms with Crippen molar-refractivity contribution < 1.29 is 26.5 Å². The van der Waals surface area contributed by atoms with Gasteiger partial charge in [-0.15, -0.1) is 0 Å². The highest BCUT2D eigenvalue weighted by molar-refractivity contribution is 7.89. The Morgan fingerprint density at radius 2 is 1.69 bits per heavy atom. The Bertz CT molecular complexity index is 1080. The Morgan fingerprint density at radius 3 is 2.22 bits per heavy atom. The van der Waals surface area contributed by atoms with Crippen molar-refractivity contribution in [2.45, 2.75) is 44.4 Å². The smallest absolute Gasteiger partial charge is 0.248 e. The molecular weight excluding hydrogens is 442 g/mol. The summed E-state index contributed by atoms with van der Waals surface area (Å²) in [5, 5.41) is 6.28. The normalized spacial score (nSPS) is 18.3. The van der Waals surface area contributed by atoms with Gasteiger partial charge in [-0.1, -0.05) is 5.16 Å². The molecule has 0 atom stereocenters. The van der Waals surface area contributed by atoms with Crippen LogP contribution in [0.4, 0.5) is 20.2 Å². The summed E-state index contributed by atoms with van der Waals surface area (Å²) in [5.41, 5.74) is 0.292. The molecule has 1 N–H and O–H groups in total. The number of sulfonamides is 1. The molecule has 1 amide bonds. The minimum Gasteiger partial charge on any atom is -0.367 e. The maximum absolute atomic E-state index is 14.5. The van der Waals surface area contributed by atoms with Crippen LogP contribution in [-0.4, -0.2) is 50.0 Å². The Labute approximate surface area is 185 Å². The van der Waals surface area contributed by atoms with Gasteiger partial charge in [0, 0.05) is 37.8 Å². The molecule has 1 aromatic heterocycles. The molecule has 0 spiro atoms. The summed E-state index contributed by atoms with van der Waals surface area (Å²) in [4.78, 5) is 14.4. The lowest BCUT2D eigenvalue weighted by Gasteiger charge is -2.30. The van der Waals surface area contributed by atoms with Gasteiger partial charge in [-0.25, -0.2) is 17.2 Å². The van der Waals surface area contributed by atoms with Gasteiger partial charge >= 0.3 is 0 Å². The Balaban J connectivity index is 1.40. The van der Waals surface area contributed by atoms with Crippen molar-refractivity contribution in [2.24, 2.45) is 5.92 Å². The Hall–Kier alpha value is -2.53. The lowest BCUT2D eigenvalue weighted by atomic mass is 9.97. The summed E-state index contributed by atoms with van der Waals surface area (Å²) in [6.07, 6.45) is 2.38. The number of amides is 1. The number of rotatable bonds is 5. The van der Waals surface area contributed by atoms with Crippen LogP contribution in [0.5, 0.6) is 0 Å². The lowest BCUT2D eigenvalue weighted by Crippen LogP contribution is -2.41. The molecule has 3 heterocycles. The number of nitrogens with one attached hydrogen (secondary N) is 1. The van der Waals surface area contributed by atoms with E-state index >= 15 is 0 Å². The van der Waals surface area contributed by atoms with Crippen LogP contribution in [0, 0.1) is 31.4 Å². The lowest BCUT2D eigenvalue weighted by molar-refractivity contribution is -0.120. The highest BCUT2D eigenvalue weighted by Crippen LogP contribution is 2.31. The molecule has 4 rings (SSSR count). The van der Waals surface area contributed by atoms with Crippen LogP contribution in [0.25, 0.3) is 0 Å². The van der Waals surface area contributed by atoms with Crippen molar-refractivity contribution >= 4 is 27.3 Å². The number of piperidine rings is 1. The number of aromatic nitrogens is 1. The molecule has 0 aliphatic carbocycles. The van der Waals surface area contributed by atoms with Crippen molar-refractivity contribution in [3.8, 4) is 0 Å². The highest BCUT2D eigenvalue weighted by Gasteiger charge is 2.35. The Kier molecular flexibility index (Phi) is 6.22. The summed E-state index contributed by atoms with van der Waals surface area (Å²) in [6, 6.07) is 2.26. The van der Waals surface area contributed by atoms with Gasteiger partial charge in [-0.05, 0) is 51.7 Å². The molecule has 0 saturated carbocycles. The molecule has 0 bridgehead atoms. The minimum atomic E-state index is -3.77. The maximum atomic E-state index is 14.5. The molecule has 0 unspecified atom stereocenters. The van der Waals surface area contributed by atoms with Crippen LogP contribution in [-0.2, 0) is 14.8 Å². The standard InChI is InChI=1S/C21H26F2N4O4S/c1-13-20(14(2)31-25-13)32(29,30)27-9-5-15(6-10-27)21(28)24-16-11-17(22)19(18(23)12-16)26-7-3-4-8-26/h11-12,15H,3-10H2,1-2H3,(H,24,28). The third-order valence-corrected chi connectivity index (χ3v) is 8.24. The SMILES string of the molecule is Cc1noc(C)c1S(=O)(=O)N1CCC(C(=O)Nc2cc(F)c(N3CCCC3)c(F)c2)CC1. The van der Waals surface area contributed by atoms with Crippen LogP contribution in [0.15, 0.2) is 21.6 Å². The number of carbonyl (C=O) groups is 1.